The SMILES string of the molecule is CC(C)CC(N=C1NS(=O)(=O)c2ccccc21)C(=O)N1CCC(N)CC1. The zero-order valence-electron chi connectivity index (χ0n) is 15.2. The molecular weight excluding hydrogens is 352 g/mol. The topological polar surface area (TPSA) is 105 Å². The van der Waals surface area contributed by atoms with Crippen molar-refractivity contribution in [1.29, 1.82) is 0 Å². The van der Waals surface area contributed by atoms with Crippen LogP contribution in [0.15, 0.2) is 34.2 Å². The average Bonchev–Trinajstić information content (AvgIpc) is 2.85. The highest BCUT2D eigenvalue weighted by Crippen LogP contribution is 2.24. The lowest BCUT2D eigenvalue weighted by atomic mass is 10.0. The smallest absolute Gasteiger partial charge is 0.263 e. The fourth-order valence-electron chi connectivity index (χ4n) is 3.37. The number of hydrogen-bond donors (Lipinski definition) is 2. The molecule has 1 aromatic rings. The number of benzene rings is 1. The van der Waals surface area contributed by atoms with Crippen molar-refractivity contribution in [3.05, 3.63) is 29.8 Å². The molecule has 3 rings (SSSR count). The van der Waals surface area contributed by atoms with Crippen molar-refractivity contribution < 1.29 is 13.2 Å². The molecule has 2 heterocycles. The third-order valence-electron chi connectivity index (χ3n) is 4.78. The van der Waals surface area contributed by atoms with Crippen LogP contribution in [0.1, 0.15) is 38.7 Å². The summed E-state index contributed by atoms with van der Waals surface area (Å²) in [5.41, 5.74) is 6.45. The van der Waals surface area contributed by atoms with E-state index in [2.05, 4.69) is 9.71 Å². The van der Waals surface area contributed by atoms with Gasteiger partial charge in [0.2, 0.25) is 5.91 Å². The average molecular weight is 378 g/mol. The normalized spacial score (nSPS) is 22.3. The van der Waals surface area contributed by atoms with Crippen LogP contribution >= 0.6 is 0 Å². The van der Waals surface area contributed by atoms with Gasteiger partial charge in [-0.25, -0.2) is 8.42 Å². The second-order valence-electron chi connectivity index (χ2n) is 7.39. The van der Waals surface area contributed by atoms with Crippen LogP contribution in [-0.2, 0) is 14.8 Å². The van der Waals surface area contributed by atoms with E-state index >= 15 is 0 Å². The van der Waals surface area contributed by atoms with Crippen molar-refractivity contribution >= 4 is 21.8 Å². The Morgan fingerprint density at radius 1 is 1.31 bits per heavy atom. The number of hydrogen-bond acceptors (Lipinski definition) is 5. The molecule has 1 aromatic carbocycles. The van der Waals surface area contributed by atoms with Gasteiger partial charge in [-0.05, 0) is 37.3 Å². The zero-order valence-corrected chi connectivity index (χ0v) is 16.0. The molecule has 1 unspecified atom stereocenters. The van der Waals surface area contributed by atoms with Gasteiger partial charge < -0.3 is 10.6 Å². The molecule has 0 aromatic heterocycles. The summed E-state index contributed by atoms with van der Waals surface area (Å²) in [6, 6.07) is 6.24. The molecule has 1 saturated heterocycles. The van der Waals surface area contributed by atoms with E-state index in [9.17, 15) is 13.2 Å². The number of rotatable bonds is 4. The van der Waals surface area contributed by atoms with E-state index in [-0.39, 0.29) is 28.6 Å². The fourth-order valence-corrected chi connectivity index (χ4v) is 4.61. The summed E-state index contributed by atoms with van der Waals surface area (Å²) in [6.07, 6.45) is 2.13. The molecule has 3 N–H and O–H groups in total. The highest BCUT2D eigenvalue weighted by molar-refractivity contribution is 7.90. The molecule has 7 nitrogen and oxygen atoms in total. The molecule has 0 saturated carbocycles. The van der Waals surface area contributed by atoms with E-state index in [0.717, 1.165) is 12.8 Å². The van der Waals surface area contributed by atoms with Crippen LogP contribution in [0, 0.1) is 5.92 Å². The van der Waals surface area contributed by atoms with Gasteiger partial charge in [0.1, 0.15) is 11.9 Å². The molecule has 0 bridgehead atoms. The molecule has 0 spiro atoms. The van der Waals surface area contributed by atoms with Crippen LogP contribution in [-0.4, -0.2) is 50.2 Å². The number of amidine groups is 1. The Balaban J connectivity index is 1.90. The van der Waals surface area contributed by atoms with Gasteiger partial charge in [-0.2, -0.15) is 0 Å². The third-order valence-corrected chi connectivity index (χ3v) is 6.18. The number of likely N-dealkylation sites (tertiary alicyclic amines) is 1. The van der Waals surface area contributed by atoms with E-state index in [1.807, 2.05) is 13.8 Å². The van der Waals surface area contributed by atoms with Gasteiger partial charge in [0.15, 0.2) is 0 Å². The summed E-state index contributed by atoms with van der Waals surface area (Å²) >= 11 is 0. The molecule has 1 atom stereocenters. The minimum Gasteiger partial charge on any atom is -0.341 e. The first-order chi connectivity index (χ1) is 12.3. The Hall–Kier alpha value is -1.93. The first-order valence-electron chi connectivity index (χ1n) is 9.02. The highest BCUT2D eigenvalue weighted by Gasteiger charge is 2.33. The Labute approximate surface area is 154 Å². The van der Waals surface area contributed by atoms with Crippen LogP contribution < -0.4 is 10.5 Å². The summed E-state index contributed by atoms with van der Waals surface area (Å²) in [4.78, 5) is 19.6. The van der Waals surface area contributed by atoms with E-state index in [1.54, 1.807) is 29.2 Å². The lowest BCUT2D eigenvalue weighted by Crippen LogP contribution is -2.47. The number of nitrogens with one attached hydrogen (secondary N) is 1. The van der Waals surface area contributed by atoms with Crippen LogP contribution in [0.5, 0.6) is 0 Å². The van der Waals surface area contributed by atoms with E-state index in [0.29, 0.717) is 25.1 Å². The van der Waals surface area contributed by atoms with Crippen molar-refractivity contribution in [2.45, 2.75) is 50.1 Å². The molecular formula is C18H26N4O3S. The van der Waals surface area contributed by atoms with E-state index < -0.39 is 16.1 Å². The Bertz CT molecular complexity index is 811. The van der Waals surface area contributed by atoms with Gasteiger partial charge >= 0.3 is 0 Å². The number of sulfonamides is 1. The Kier molecular flexibility index (Phi) is 5.34. The van der Waals surface area contributed by atoms with Gasteiger partial charge in [0, 0.05) is 24.7 Å². The predicted molar refractivity (Wildman–Crippen MR) is 100 cm³/mol. The maximum atomic E-state index is 13.0. The number of piperidine rings is 1. The van der Waals surface area contributed by atoms with Crippen LogP contribution in [0.3, 0.4) is 0 Å². The Morgan fingerprint density at radius 3 is 2.62 bits per heavy atom. The van der Waals surface area contributed by atoms with Gasteiger partial charge in [0.25, 0.3) is 10.0 Å². The lowest BCUT2D eigenvalue weighted by molar-refractivity contribution is -0.133. The summed E-state index contributed by atoms with van der Waals surface area (Å²) in [5, 5.41) is 0. The van der Waals surface area contributed by atoms with Crippen molar-refractivity contribution in [2.75, 3.05) is 13.1 Å². The van der Waals surface area contributed by atoms with E-state index in [1.165, 1.54) is 0 Å². The van der Waals surface area contributed by atoms with Crippen molar-refractivity contribution in [2.24, 2.45) is 16.6 Å². The second kappa shape index (κ2) is 7.36. The molecule has 142 valence electrons. The van der Waals surface area contributed by atoms with Crippen molar-refractivity contribution in [3.63, 3.8) is 0 Å². The molecule has 2 aliphatic heterocycles. The summed E-state index contributed by atoms with van der Waals surface area (Å²) in [6.45, 7) is 5.31. The molecule has 26 heavy (non-hydrogen) atoms. The first-order valence-corrected chi connectivity index (χ1v) is 10.5. The Morgan fingerprint density at radius 2 is 1.96 bits per heavy atom. The second-order valence-corrected chi connectivity index (χ2v) is 9.04. The number of carbonyl (C=O) groups is 1. The number of amides is 1. The quantitative estimate of drug-likeness (QED) is 0.818. The molecule has 1 fully saturated rings. The minimum atomic E-state index is -3.61. The van der Waals surface area contributed by atoms with Crippen LogP contribution in [0.2, 0.25) is 0 Å². The molecule has 2 aliphatic rings. The van der Waals surface area contributed by atoms with Crippen LogP contribution in [0.4, 0.5) is 0 Å². The number of aliphatic imine (C=N–C) groups is 1. The maximum Gasteiger partial charge on any atom is 0.263 e. The minimum absolute atomic E-state index is 0.0540. The number of nitrogens with two attached hydrogens (primary N) is 1. The lowest BCUT2D eigenvalue weighted by Gasteiger charge is -2.32. The predicted octanol–water partition coefficient (Wildman–Crippen LogP) is 1.09. The fraction of sp³-hybridized carbons (Fsp3) is 0.556. The summed E-state index contributed by atoms with van der Waals surface area (Å²) in [5.74, 6) is 0.462. The molecule has 0 radical (unpaired) electrons. The maximum absolute atomic E-state index is 13.0. The third kappa shape index (κ3) is 3.91. The molecule has 8 heteroatoms. The van der Waals surface area contributed by atoms with Gasteiger partial charge in [-0.15, -0.1) is 0 Å². The largest absolute Gasteiger partial charge is 0.341 e. The molecule has 0 aliphatic carbocycles. The number of carbonyl (C=O) groups excluding carboxylic acids is 1. The van der Waals surface area contributed by atoms with E-state index in [4.69, 9.17) is 5.73 Å². The summed E-state index contributed by atoms with van der Waals surface area (Å²) in [7, 11) is -3.61. The van der Waals surface area contributed by atoms with Crippen molar-refractivity contribution in [1.82, 2.24) is 9.62 Å². The zero-order chi connectivity index (χ0) is 18.9. The number of fused-ring (bicyclic) bond motifs is 1. The first kappa shape index (κ1) is 18.8. The van der Waals surface area contributed by atoms with Gasteiger partial charge in [-0.1, -0.05) is 26.0 Å². The monoisotopic (exact) mass is 378 g/mol. The standard InChI is InChI=1S/C18H26N4O3S/c1-12(2)11-15(18(23)22-9-7-13(19)8-10-22)20-17-14-5-3-4-6-16(14)26(24,25)21-17/h3-6,12-13,15H,7-11,19H2,1-2H3,(H,20,21). The summed E-state index contributed by atoms with van der Waals surface area (Å²) < 4.78 is 27.0. The van der Waals surface area contributed by atoms with Crippen molar-refractivity contribution in [3.8, 4) is 0 Å². The van der Waals surface area contributed by atoms with Crippen LogP contribution in [0.25, 0.3) is 0 Å². The van der Waals surface area contributed by atoms with Gasteiger partial charge in [-0.3, -0.25) is 14.5 Å². The number of nitrogens with zero attached hydrogens (tertiary/aromatic N) is 2. The van der Waals surface area contributed by atoms with Gasteiger partial charge in [0.05, 0.1) is 4.90 Å². The molecule has 1 amide bonds. The highest BCUT2D eigenvalue weighted by atomic mass is 32.2.